The number of rotatable bonds is 4. The molecule has 0 fully saturated rings. The van der Waals surface area contributed by atoms with E-state index < -0.39 is 0 Å². The molecule has 6 heteroatoms. The van der Waals surface area contributed by atoms with Crippen LogP contribution in [0.2, 0.25) is 0 Å². The normalized spacial score (nSPS) is 10.3. The zero-order valence-electron chi connectivity index (χ0n) is 10.1. The zero-order chi connectivity index (χ0) is 12.3. The molecule has 0 aromatic carbocycles. The van der Waals surface area contributed by atoms with Gasteiger partial charge in [0.05, 0.1) is 24.9 Å². The number of aromatic nitrogens is 4. The molecule has 0 spiro atoms. The second-order valence-electron chi connectivity index (χ2n) is 3.69. The van der Waals surface area contributed by atoms with Crippen LogP contribution in [0.1, 0.15) is 11.3 Å². The van der Waals surface area contributed by atoms with E-state index in [4.69, 9.17) is 4.74 Å². The highest BCUT2D eigenvalue weighted by Crippen LogP contribution is 2.19. The van der Waals surface area contributed by atoms with Crippen molar-refractivity contribution in [2.24, 2.45) is 7.05 Å². The summed E-state index contributed by atoms with van der Waals surface area (Å²) in [7, 11) is 3.49. The summed E-state index contributed by atoms with van der Waals surface area (Å²) in [6, 6.07) is 1.96. The van der Waals surface area contributed by atoms with Gasteiger partial charge in [-0.25, -0.2) is 9.97 Å². The number of methoxy groups -OCH3 is 1. The van der Waals surface area contributed by atoms with E-state index in [0.717, 1.165) is 17.1 Å². The standard InChI is InChI=1S/C11H15N5O/c1-8-10(13-7-14-11(8)17-3)12-6-9-4-5-16(2)15-9/h4-5,7H,6H2,1-3H3,(H,12,13,14). The molecule has 0 atom stereocenters. The van der Waals surface area contributed by atoms with Crippen molar-refractivity contribution in [3.8, 4) is 5.88 Å². The van der Waals surface area contributed by atoms with Crippen LogP contribution in [-0.2, 0) is 13.6 Å². The third kappa shape index (κ3) is 2.52. The summed E-state index contributed by atoms with van der Waals surface area (Å²) in [5, 5.41) is 7.49. The molecule has 1 N–H and O–H groups in total. The van der Waals surface area contributed by atoms with Crippen LogP contribution < -0.4 is 10.1 Å². The van der Waals surface area contributed by atoms with Gasteiger partial charge in [-0.3, -0.25) is 4.68 Å². The van der Waals surface area contributed by atoms with Gasteiger partial charge < -0.3 is 10.1 Å². The molecule has 0 saturated heterocycles. The minimum Gasteiger partial charge on any atom is -0.481 e. The van der Waals surface area contributed by atoms with Gasteiger partial charge in [0.25, 0.3) is 0 Å². The lowest BCUT2D eigenvalue weighted by atomic mass is 10.3. The molecule has 17 heavy (non-hydrogen) atoms. The Morgan fingerprint density at radius 3 is 2.88 bits per heavy atom. The van der Waals surface area contributed by atoms with Crippen LogP contribution >= 0.6 is 0 Å². The van der Waals surface area contributed by atoms with Crippen LogP contribution in [0.4, 0.5) is 5.82 Å². The van der Waals surface area contributed by atoms with E-state index in [1.807, 2.05) is 26.2 Å². The summed E-state index contributed by atoms with van der Waals surface area (Å²) in [5.74, 6) is 1.35. The zero-order valence-corrected chi connectivity index (χ0v) is 10.1. The van der Waals surface area contributed by atoms with Crippen molar-refractivity contribution in [3.05, 3.63) is 29.8 Å². The second kappa shape index (κ2) is 4.82. The molecule has 0 radical (unpaired) electrons. The predicted octanol–water partition coefficient (Wildman–Crippen LogP) is 1.14. The summed E-state index contributed by atoms with van der Waals surface area (Å²) in [4.78, 5) is 8.20. The quantitative estimate of drug-likeness (QED) is 0.857. The first kappa shape index (κ1) is 11.4. The smallest absolute Gasteiger partial charge is 0.221 e. The molecular formula is C11H15N5O. The Morgan fingerprint density at radius 1 is 1.41 bits per heavy atom. The average Bonchev–Trinajstić information content (AvgIpc) is 2.74. The Hall–Kier alpha value is -2.11. The number of anilines is 1. The molecule has 0 bridgehead atoms. The fraction of sp³-hybridized carbons (Fsp3) is 0.364. The van der Waals surface area contributed by atoms with E-state index in [1.165, 1.54) is 6.33 Å². The second-order valence-corrected chi connectivity index (χ2v) is 3.69. The minimum atomic E-state index is 0.587. The van der Waals surface area contributed by atoms with Crippen LogP contribution in [-0.4, -0.2) is 26.9 Å². The maximum Gasteiger partial charge on any atom is 0.221 e. The Labute approximate surface area is 99.7 Å². The van der Waals surface area contributed by atoms with Gasteiger partial charge in [-0.15, -0.1) is 0 Å². The molecule has 6 nitrogen and oxygen atoms in total. The van der Waals surface area contributed by atoms with Crippen molar-refractivity contribution in [2.75, 3.05) is 12.4 Å². The first-order valence-electron chi connectivity index (χ1n) is 5.28. The topological polar surface area (TPSA) is 64.9 Å². The average molecular weight is 233 g/mol. The summed E-state index contributed by atoms with van der Waals surface area (Å²) in [5.41, 5.74) is 1.86. The third-order valence-electron chi connectivity index (χ3n) is 2.44. The monoisotopic (exact) mass is 233 g/mol. The minimum absolute atomic E-state index is 0.587. The number of hydrogen-bond acceptors (Lipinski definition) is 5. The summed E-state index contributed by atoms with van der Waals surface area (Å²) >= 11 is 0. The molecule has 2 aromatic rings. The predicted molar refractivity (Wildman–Crippen MR) is 63.9 cm³/mol. The van der Waals surface area contributed by atoms with Crippen molar-refractivity contribution < 1.29 is 4.74 Å². The Balaban J connectivity index is 2.09. The first-order chi connectivity index (χ1) is 8.20. The Morgan fingerprint density at radius 2 is 2.24 bits per heavy atom. The fourth-order valence-electron chi connectivity index (χ4n) is 1.55. The Kier molecular flexibility index (Phi) is 3.22. The maximum atomic E-state index is 5.13. The SMILES string of the molecule is COc1ncnc(NCc2ccn(C)n2)c1C. The van der Waals surface area contributed by atoms with E-state index in [1.54, 1.807) is 11.8 Å². The molecule has 2 aromatic heterocycles. The van der Waals surface area contributed by atoms with E-state index >= 15 is 0 Å². The van der Waals surface area contributed by atoms with Crippen LogP contribution in [0, 0.1) is 6.92 Å². The van der Waals surface area contributed by atoms with E-state index in [0.29, 0.717) is 12.4 Å². The van der Waals surface area contributed by atoms with Gasteiger partial charge in [0.2, 0.25) is 5.88 Å². The first-order valence-corrected chi connectivity index (χ1v) is 5.28. The molecule has 0 aliphatic carbocycles. The largest absolute Gasteiger partial charge is 0.481 e. The number of nitrogens with zero attached hydrogens (tertiary/aromatic N) is 4. The molecule has 0 saturated carbocycles. The van der Waals surface area contributed by atoms with E-state index in [2.05, 4.69) is 20.4 Å². The van der Waals surface area contributed by atoms with Gasteiger partial charge in [0.1, 0.15) is 12.1 Å². The number of nitrogens with one attached hydrogen (secondary N) is 1. The number of hydrogen-bond donors (Lipinski definition) is 1. The van der Waals surface area contributed by atoms with Crippen LogP contribution in [0.25, 0.3) is 0 Å². The fourth-order valence-corrected chi connectivity index (χ4v) is 1.55. The summed E-state index contributed by atoms with van der Waals surface area (Å²) < 4.78 is 6.90. The lowest BCUT2D eigenvalue weighted by Gasteiger charge is -2.09. The van der Waals surface area contributed by atoms with E-state index in [9.17, 15) is 0 Å². The van der Waals surface area contributed by atoms with Gasteiger partial charge in [-0.1, -0.05) is 0 Å². The lowest BCUT2D eigenvalue weighted by molar-refractivity contribution is 0.393. The number of aryl methyl sites for hydroxylation is 1. The van der Waals surface area contributed by atoms with Crippen molar-refractivity contribution >= 4 is 5.82 Å². The van der Waals surface area contributed by atoms with E-state index in [-0.39, 0.29) is 0 Å². The Bertz CT molecular complexity index is 508. The van der Waals surface area contributed by atoms with Gasteiger partial charge in [0.15, 0.2) is 0 Å². The van der Waals surface area contributed by atoms with Crippen molar-refractivity contribution in [1.82, 2.24) is 19.7 Å². The van der Waals surface area contributed by atoms with Gasteiger partial charge >= 0.3 is 0 Å². The molecule has 2 heterocycles. The highest BCUT2D eigenvalue weighted by molar-refractivity contribution is 5.47. The number of ether oxygens (including phenoxy) is 1. The van der Waals surface area contributed by atoms with Gasteiger partial charge in [-0.2, -0.15) is 5.10 Å². The molecule has 0 aliphatic rings. The van der Waals surface area contributed by atoms with Gasteiger partial charge in [0, 0.05) is 13.2 Å². The maximum absolute atomic E-state index is 5.13. The highest BCUT2D eigenvalue weighted by atomic mass is 16.5. The van der Waals surface area contributed by atoms with Gasteiger partial charge in [-0.05, 0) is 13.0 Å². The molecular weight excluding hydrogens is 218 g/mol. The molecule has 0 aliphatic heterocycles. The van der Waals surface area contributed by atoms with Crippen LogP contribution in [0.5, 0.6) is 5.88 Å². The molecule has 0 amide bonds. The van der Waals surface area contributed by atoms with Crippen LogP contribution in [0.15, 0.2) is 18.6 Å². The molecule has 2 rings (SSSR count). The lowest BCUT2D eigenvalue weighted by Crippen LogP contribution is -2.06. The molecule has 0 unspecified atom stereocenters. The van der Waals surface area contributed by atoms with Crippen molar-refractivity contribution in [1.29, 1.82) is 0 Å². The third-order valence-corrected chi connectivity index (χ3v) is 2.44. The highest BCUT2D eigenvalue weighted by Gasteiger charge is 2.07. The summed E-state index contributed by atoms with van der Waals surface area (Å²) in [6.07, 6.45) is 3.39. The van der Waals surface area contributed by atoms with Crippen molar-refractivity contribution in [3.63, 3.8) is 0 Å². The van der Waals surface area contributed by atoms with Crippen LogP contribution in [0.3, 0.4) is 0 Å². The molecule has 90 valence electrons. The summed E-state index contributed by atoms with van der Waals surface area (Å²) in [6.45, 7) is 2.54. The van der Waals surface area contributed by atoms with Crippen molar-refractivity contribution in [2.45, 2.75) is 13.5 Å².